The van der Waals surface area contributed by atoms with Crippen LogP contribution in [0.1, 0.15) is 61.4 Å². The molecule has 3 aromatic rings. The number of aryl methyl sites for hydroxylation is 1. The highest BCUT2D eigenvalue weighted by atomic mass is 16.5. The molecular weight excluding hydrogens is 458 g/mol. The molecule has 0 saturated heterocycles. The van der Waals surface area contributed by atoms with Gasteiger partial charge in [0, 0.05) is 11.5 Å². The van der Waals surface area contributed by atoms with Gasteiger partial charge < -0.3 is 9.84 Å². The van der Waals surface area contributed by atoms with E-state index in [9.17, 15) is 19.5 Å². The van der Waals surface area contributed by atoms with Gasteiger partial charge in [0.1, 0.15) is 11.3 Å². The van der Waals surface area contributed by atoms with E-state index in [2.05, 4.69) is 17.2 Å². The Labute approximate surface area is 210 Å². The zero-order chi connectivity index (χ0) is 25.7. The van der Waals surface area contributed by atoms with Crippen molar-refractivity contribution in [3.63, 3.8) is 0 Å². The van der Waals surface area contributed by atoms with Crippen LogP contribution < -0.4 is 10.3 Å². The zero-order valence-electron chi connectivity index (χ0n) is 20.9. The highest BCUT2D eigenvalue weighted by Gasteiger charge is 2.45. The number of aromatic nitrogens is 3. The van der Waals surface area contributed by atoms with Crippen LogP contribution in [0.15, 0.2) is 47.3 Å². The largest absolute Gasteiger partial charge is 0.494 e. The molecule has 1 aliphatic carbocycles. The summed E-state index contributed by atoms with van der Waals surface area (Å²) in [7, 11) is 0. The number of aliphatic carboxylic acids is 1. The molecule has 1 saturated carbocycles. The molecule has 2 aromatic carbocycles. The van der Waals surface area contributed by atoms with Gasteiger partial charge >= 0.3 is 5.97 Å². The highest BCUT2D eigenvalue weighted by molar-refractivity contribution is 6.00. The number of carboxylic acids is 1. The number of rotatable bonds is 11. The van der Waals surface area contributed by atoms with Gasteiger partial charge in [-0.1, -0.05) is 43.0 Å². The fourth-order valence-electron chi connectivity index (χ4n) is 5.13. The van der Waals surface area contributed by atoms with Gasteiger partial charge in [-0.05, 0) is 68.5 Å². The molecule has 4 rings (SSSR count). The average molecular weight is 492 g/mol. The molecule has 190 valence electrons. The molecule has 8 nitrogen and oxygen atoms in total. The van der Waals surface area contributed by atoms with E-state index in [0.717, 1.165) is 18.4 Å². The summed E-state index contributed by atoms with van der Waals surface area (Å²) in [4.78, 5) is 38.5. The number of unbranched alkanes of at least 4 members (excludes halogenated alkanes) is 3. The molecule has 0 aliphatic heterocycles. The Kier molecular flexibility index (Phi) is 8.13. The molecule has 3 unspecified atom stereocenters. The number of nitrogens with zero attached hydrogens (tertiary/aromatic N) is 3. The van der Waals surface area contributed by atoms with Gasteiger partial charge in [-0.3, -0.25) is 14.4 Å². The third-order valence-corrected chi connectivity index (χ3v) is 7.10. The number of benzene rings is 2. The van der Waals surface area contributed by atoms with Crippen LogP contribution in [0, 0.1) is 24.7 Å². The van der Waals surface area contributed by atoms with Crippen LogP contribution in [0.25, 0.3) is 10.9 Å². The Morgan fingerprint density at radius 1 is 1.08 bits per heavy atom. The van der Waals surface area contributed by atoms with Crippen molar-refractivity contribution in [3.05, 3.63) is 63.9 Å². The van der Waals surface area contributed by atoms with Gasteiger partial charge in [0.05, 0.1) is 24.5 Å². The van der Waals surface area contributed by atoms with E-state index < -0.39 is 23.7 Å². The van der Waals surface area contributed by atoms with Crippen molar-refractivity contribution in [2.75, 3.05) is 6.61 Å². The maximum atomic E-state index is 13.3. The summed E-state index contributed by atoms with van der Waals surface area (Å²) in [6, 6.07) is 12.3. The predicted molar refractivity (Wildman–Crippen MR) is 136 cm³/mol. The first-order valence-electron chi connectivity index (χ1n) is 12.7. The maximum absolute atomic E-state index is 13.3. The fraction of sp³-hybridized carbons (Fsp3) is 0.464. The maximum Gasteiger partial charge on any atom is 0.307 e. The smallest absolute Gasteiger partial charge is 0.307 e. The normalized spacial score (nSPS) is 19.4. The molecule has 36 heavy (non-hydrogen) atoms. The predicted octanol–water partition coefficient (Wildman–Crippen LogP) is 4.67. The Bertz CT molecular complexity index is 1280. The third kappa shape index (κ3) is 5.64. The topological polar surface area (TPSA) is 111 Å². The summed E-state index contributed by atoms with van der Waals surface area (Å²) in [5.41, 5.74) is 1.61. The lowest BCUT2D eigenvalue weighted by Crippen LogP contribution is -2.34. The van der Waals surface area contributed by atoms with Crippen molar-refractivity contribution in [2.24, 2.45) is 17.8 Å². The Balaban J connectivity index is 1.45. The van der Waals surface area contributed by atoms with Gasteiger partial charge in [0.25, 0.3) is 5.56 Å². The summed E-state index contributed by atoms with van der Waals surface area (Å²) in [6.45, 7) is 4.80. The number of ketones is 1. The molecule has 0 bridgehead atoms. The number of Topliss-reactive ketones (excluding diaryl/α,β-unsaturated/α-hetero) is 1. The zero-order valence-corrected chi connectivity index (χ0v) is 20.9. The lowest BCUT2D eigenvalue weighted by Gasteiger charge is -2.20. The van der Waals surface area contributed by atoms with Gasteiger partial charge in [-0.2, -0.15) is 0 Å². The van der Waals surface area contributed by atoms with E-state index in [4.69, 9.17) is 4.74 Å². The summed E-state index contributed by atoms with van der Waals surface area (Å²) in [6.07, 6.45) is 5.44. The quantitative estimate of drug-likeness (QED) is 0.306. The number of hydrogen-bond donors (Lipinski definition) is 1. The van der Waals surface area contributed by atoms with Crippen molar-refractivity contribution >= 4 is 22.7 Å². The summed E-state index contributed by atoms with van der Waals surface area (Å²) >= 11 is 0. The third-order valence-electron chi connectivity index (χ3n) is 7.10. The second-order valence-corrected chi connectivity index (χ2v) is 9.70. The van der Waals surface area contributed by atoms with Gasteiger partial charge in [0.2, 0.25) is 0 Å². The number of fused-ring (bicyclic) bond motifs is 1. The van der Waals surface area contributed by atoms with E-state index in [1.54, 1.807) is 36.4 Å². The Morgan fingerprint density at radius 2 is 1.86 bits per heavy atom. The fourth-order valence-corrected chi connectivity index (χ4v) is 5.13. The molecule has 1 N–H and O–H groups in total. The lowest BCUT2D eigenvalue weighted by molar-refractivity contribution is -0.144. The van der Waals surface area contributed by atoms with E-state index in [1.807, 2.05) is 13.0 Å². The molecule has 0 radical (unpaired) electrons. The number of hydrogen-bond acceptors (Lipinski definition) is 6. The number of ether oxygens (including phenoxy) is 1. The van der Waals surface area contributed by atoms with Crippen LogP contribution in [0.5, 0.6) is 5.75 Å². The molecule has 8 heteroatoms. The number of carbonyl (C=O) groups excluding carboxylic acids is 1. The molecule has 1 aromatic heterocycles. The van der Waals surface area contributed by atoms with E-state index in [-0.39, 0.29) is 17.9 Å². The van der Waals surface area contributed by atoms with Crippen molar-refractivity contribution in [3.8, 4) is 5.75 Å². The van der Waals surface area contributed by atoms with Crippen molar-refractivity contribution in [1.29, 1.82) is 0 Å². The van der Waals surface area contributed by atoms with Crippen LogP contribution in [0.3, 0.4) is 0 Å². The minimum atomic E-state index is -1.03. The first-order chi connectivity index (χ1) is 17.4. The summed E-state index contributed by atoms with van der Waals surface area (Å²) < 4.78 is 6.99. The minimum absolute atomic E-state index is 0.112. The molecule has 3 atom stereocenters. The number of carboxylic acid groups (broad SMARTS) is 1. The standard InChI is InChI=1S/C28H33N3O5/c1-3-4-5-6-15-36-21-11-8-19(9-12-21)26(32)22-13-10-20(25(22)28(34)35)17-31-27(33)23-16-18(2)7-14-24(23)29-30-31/h7-9,11-12,14,16,20,22,25H,3-6,10,13,15,17H2,1-2H3,(H,34,35). The second-order valence-electron chi connectivity index (χ2n) is 9.70. The van der Waals surface area contributed by atoms with E-state index >= 15 is 0 Å². The van der Waals surface area contributed by atoms with E-state index in [0.29, 0.717) is 41.7 Å². The molecule has 1 aliphatic rings. The monoisotopic (exact) mass is 491 g/mol. The first kappa shape index (κ1) is 25.5. The summed E-state index contributed by atoms with van der Waals surface area (Å²) in [5.74, 6) is -2.45. The van der Waals surface area contributed by atoms with Crippen LogP contribution in [-0.2, 0) is 11.3 Å². The highest BCUT2D eigenvalue weighted by Crippen LogP contribution is 2.40. The SMILES string of the molecule is CCCCCCOc1ccc(C(=O)C2CCC(Cn3nnc4ccc(C)cc4c3=O)C2C(=O)O)cc1. The minimum Gasteiger partial charge on any atom is -0.494 e. The van der Waals surface area contributed by atoms with Crippen LogP contribution in [0.2, 0.25) is 0 Å². The lowest BCUT2D eigenvalue weighted by atomic mass is 9.84. The molecule has 1 heterocycles. The Morgan fingerprint density at radius 3 is 2.58 bits per heavy atom. The van der Waals surface area contributed by atoms with Crippen LogP contribution >= 0.6 is 0 Å². The second kappa shape index (κ2) is 11.5. The first-order valence-corrected chi connectivity index (χ1v) is 12.7. The van der Waals surface area contributed by atoms with Gasteiger partial charge in [-0.15, -0.1) is 5.10 Å². The molecule has 0 spiro atoms. The molecule has 0 amide bonds. The Hall–Kier alpha value is -3.55. The van der Waals surface area contributed by atoms with Gasteiger partial charge in [-0.25, -0.2) is 4.68 Å². The van der Waals surface area contributed by atoms with Crippen molar-refractivity contribution in [1.82, 2.24) is 15.0 Å². The number of carbonyl (C=O) groups is 2. The van der Waals surface area contributed by atoms with Crippen molar-refractivity contribution in [2.45, 2.75) is 58.9 Å². The molecular formula is C28H33N3O5. The molecule has 1 fully saturated rings. The van der Waals surface area contributed by atoms with Crippen LogP contribution in [0.4, 0.5) is 0 Å². The van der Waals surface area contributed by atoms with Crippen molar-refractivity contribution < 1.29 is 19.4 Å². The average Bonchev–Trinajstić information content (AvgIpc) is 3.30. The van der Waals surface area contributed by atoms with Crippen LogP contribution in [-0.4, -0.2) is 38.5 Å². The van der Waals surface area contributed by atoms with Gasteiger partial charge in [0.15, 0.2) is 5.78 Å². The summed E-state index contributed by atoms with van der Waals surface area (Å²) in [5, 5.41) is 18.6. The van der Waals surface area contributed by atoms with E-state index in [1.165, 1.54) is 17.5 Å².